The van der Waals surface area contributed by atoms with Crippen LogP contribution in [0.25, 0.3) is 0 Å². The summed E-state index contributed by atoms with van der Waals surface area (Å²) in [7, 11) is 1.53. The van der Waals surface area contributed by atoms with Crippen molar-refractivity contribution in [1.82, 2.24) is 5.32 Å². The zero-order chi connectivity index (χ0) is 11.3. The Hall–Kier alpha value is -2.24. The number of rotatable bonds is 2. The molecule has 0 spiro atoms. The Balaban J connectivity index is 2.77. The van der Waals surface area contributed by atoms with E-state index in [1.165, 1.54) is 7.05 Å². The third-order valence-corrected chi connectivity index (χ3v) is 1.77. The van der Waals surface area contributed by atoms with E-state index in [0.717, 1.165) is 0 Å². The van der Waals surface area contributed by atoms with Crippen molar-refractivity contribution in [2.75, 3.05) is 12.4 Å². The minimum absolute atomic E-state index is 0.0292. The van der Waals surface area contributed by atoms with E-state index in [1.54, 1.807) is 24.3 Å². The van der Waals surface area contributed by atoms with Gasteiger partial charge in [0.05, 0.1) is 0 Å². The molecule has 1 aromatic rings. The van der Waals surface area contributed by atoms with E-state index >= 15 is 0 Å². The van der Waals surface area contributed by atoms with Crippen LogP contribution in [0.2, 0.25) is 0 Å². The van der Waals surface area contributed by atoms with Crippen LogP contribution in [-0.2, 0) is 0 Å². The van der Waals surface area contributed by atoms with Crippen molar-refractivity contribution >= 4 is 17.6 Å². The number of benzene rings is 1. The summed E-state index contributed by atoms with van der Waals surface area (Å²) in [6.45, 7) is 0. The third kappa shape index (κ3) is 2.87. The average molecular weight is 208 g/mol. The van der Waals surface area contributed by atoms with Crippen molar-refractivity contribution < 1.29 is 10.0 Å². The molecule has 0 saturated heterocycles. The second-order valence-corrected chi connectivity index (χ2v) is 2.77. The average Bonchev–Trinajstić information content (AvgIpc) is 2.29. The molecule has 0 aliphatic carbocycles. The molecule has 0 unspecified atom stereocenters. The van der Waals surface area contributed by atoms with Gasteiger partial charge in [-0.1, -0.05) is 5.16 Å². The summed E-state index contributed by atoms with van der Waals surface area (Å²) in [5.74, 6) is 0.0292. The molecule has 80 valence electrons. The monoisotopic (exact) mass is 208 g/mol. The number of nitrogens with two attached hydrogens (primary N) is 1. The predicted molar refractivity (Wildman–Crippen MR) is 57.0 cm³/mol. The van der Waals surface area contributed by atoms with Crippen LogP contribution in [-0.4, -0.2) is 24.1 Å². The van der Waals surface area contributed by atoms with Gasteiger partial charge in [0.25, 0.3) is 0 Å². The standard InChI is InChI=1S/C9H12N4O2/c1-11-9(14)12-7-4-2-6(3-5-7)8(10)13-15/h2-5,15H,1H3,(H2,10,13)(H2,11,12,14). The summed E-state index contributed by atoms with van der Waals surface area (Å²) < 4.78 is 0. The highest BCUT2D eigenvalue weighted by atomic mass is 16.4. The Morgan fingerprint density at radius 2 is 2.00 bits per heavy atom. The van der Waals surface area contributed by atoms with Crippen LogP contribution >= 0.6 is 0 Å². The molecular weight excluding hydrogens is 196 g/mol. The molecule has 0 fully saturated rings. The van der Waals surface area contributed by atoms with Crippen LogP contribution in [0, 0.1) is 0 Å². The minimum atomic E-state index is -0.299. The van der Waals surface area contributed by atoms with Gasteiger partial charge in [-0.05, 0) is 24.3 Å². The lowest BCUT2D eigenvalue weighted by Gasteiger charge is -2.04. The second-order valence-electron chi connectivity index (χ2n) is 2.77. The number of urea groups is 1. The second kappa shape index (κ2) is 4.85. The predicted octanol–water partition coefficient (Wildman–Crippen LogP) is 0.532. The van der Waals surface area contributed by atoms with Gasteiger partial charge in [0, 0.05) is 18.3 Å². The van der Waals surface area contributed by atoms with E-state index in [2.05, 4.69) is 15.8 Å². The fourth-order valence-electron chi connectivity index (χ4n) is 0.976. The first-order valence-electron chi connectivity index (χ1n) is 4.24. The molecule has 2 amide bonds. The van der Waals surface area contributed by atoms with Crippen molar-refractivity contribution in [2.45, 2.75) is 0 Å². The number of carbonyl (C=O) groups excluding carboxylic acids is 1. The molecule has 0 aromatic heterocycles. The molecule has 15 heavy (non-hydrogen) atoms. The summed E-state index contributed by atoms with van der Waals surface area (Å²) in [6.07, 6.45) is 0. The van der Waals surface area contributed by atoms with Crippen LogP contribution in [0.5, 0.6) is 0 Å². The lowest BCUT2D eigenvalue weighted by Crippen LogP contribution is -2.24. The van der Waals surface area contributed by atoms with Crippen molar-refractivity contribution in [3.8, 4) is 0 Å². The first kappa shape index (κ1) is 10.8. The van der Waals surface area contributed by atoms with Crippen LogP contribution in [0.1, 0.15) is 5.56 Å². The Morgan fingerprint density at radius 1 is 1.40 bits per heavy atom. The molecular formula is C9H12N4O2. The summed E-state index contributed by atoms with van der Waals surface area (Å²) in [5.41, 5.74) is 6.58. The van der Waals surface area contributed by atoms with Gasteiger partial charge in [-0.25, -0.2) is 4.79 Å². The van der Waals surface area contributed by atoms with E-state index in [9.17, 15) is 4.79 Å². The van der Waals surface area contributed by atoms with Crippen LogP contribution in [0.15, 0.2) is 29.4 Å². The molecule has 1 aromatic carbocycles. The van der Waals surface area contributed by atoms with Crippen LogP contribution in [0.4, 0.5) is 10.5 Å². The highest BCUT2D eigenvalue weighted by molar-refractivity contribution is 5.97. The van der Waals surface area contributed by atoms with Gasteiger partial charge in [-0.2, -0.15) is 0 Å². The van der Waals surface area contributed by atoms with E-state index in [1.807, 2.05) is 0 Å². The number of amides is 2. The number of amidine groups is 1. The minimum Gasteiger partial charge on any atom is -0.409 e. The first-order chi connectivity index (χ1) is 7.17. The Kier molecular flexibility index (Phi) is 3.50. The highest BCUT2D eigenvalue weighted by Gasteiger charge is 2.00. The first-order valence-corrected chi connectivity index (χ1v) is 4.24. The Bertz CT molecular complexity index is 372. The maximum Gasteiger partial charge on any atom is 0.318 e. The van der Waals surface area contributed by atoms with E-state index in [4.69, 9.17) is 10.9 Å². The molecule has 6 nitrogen and oxygen atoms in total. The highest BCUT2D eigenvalue weighted by Crippen LogP contribution is 2.08. The number of anilines is 1. The van der Waals surface area contributed by atoms with Crippen molar-refractivity contribution in [1.29, 1.82) is 0 Å². The van der Waals surface area contributed by atoms with Gasteiger partial charge < -0.3 is 21.6 Å². The number of hydrogen-bond acceptors (Lipinski definition) is 3. The summed E-state index contributed by atoms with van der Waals surface area (Å²) in [5, 5.41) is 16.3. The maximum atomic E-state index is 10.9. The molecule has 0 bridgehead atoms. The maximum absolute atomic E-state index is 10.9. The Labute approximate surface area is 86.8 Å². The molecule has 0 aliphatic heterocycles. The topological polar surface area (TPSA) is 99.7 Å². The molecule has 1 rings (SSSR count). The molecule has 5 N–H and O–H groups in total. The number of nitrogens with zero attached hydrogens (tertiary/aromatic N) is 1. The smallest absolute Gasteiger partial charge is 0.318 e. The SMILES string of the molecule is CNC(=O)Nc1ccc(/C(N)=N/O)cc1. The van der Waals surface area contributed by atoms with Crippen molar-refractivity contribution in [3.05, 3.63) is 29.8 Å². The van der Waals surface area contributed by atoms with Gasteiger partial charge in [0.15, 0.2) is 5.84 Å². The zero-order valence-corrected chi connectivity index (χ0v) is 8.19. The van der Waals surface area contributed by atoms with Gasteiger partial charge in [0.1, 0.15) is 0 Å². The number of oxime groups is 1. The zero-order valence-electron chi connectivity index (χ0n) is 8.19. The van der Waals surface area contributed by atoms with Crippen LogP contribution < -0.4 is 16.4 Å². The lowest BCUT2D eigenvalue weighted by atomic mass is 10.2. The fraction of sp³-hybridized carbons (Fsp3) is 0.111. The quantitative estimate of drug-likeness (QED) is 0.247. The van der Waals surface area contributed by atoms with E-state index in [0.29, 0.717) is 11.3 Å². The summed E-state index contributed by atoms with van der Waals surface area (Å²) in [4.78, 5) is 10.9. The number of nitrogens with one attached hydrogen (secondary N) is 2. The molecule has 0 radical (unpaired) electrons. The lowest BCUT2D eigenvalue weighted by molar-refractivity contribution is 0.254. The Morgan fingerprint density at radius 3 is 2.47 bits per heavy atom. The van der Waals surface area contributed by atoms with Gasteiger partial charge in [-0.3, -0.25) is 0 Å². The van der Waals surface area contributed by atoms with Crippen molar-refractivity contribution in [3.63, 3.8) is 0 Å². The summed E-state index contributed by atoms with van der Waals surface area (Å²) >= 11 is 0. The van der Waals surface area contributed by atoms with Crippen LogP contribution in [0.3, 0.4) is 0 Å². The molecule has 6 heteroatoms. The van der Waals surface area contributed by atoms with E-state index in [-0.39, 0.29) is 11.9 Å². The molecule has 0 atom stereocenters. The number of hydrogen-bond donors (Lipinski definition) is 4. The number of carbonyl (C=O) groups is 1. The molecule has 0 heterocycles. The van der Waals surface area contributed by atoms with Crippen molar-refractivity contribution in [2.24, 2.45) is 10.9 Å². The fourth-order valence-corrected chi connectivity index (χ4v) is 0.976. The van der Waals surface area contributed by atoms with Gasteiger partial charge >= 0.3 is 6.03 Å². The van der Waals surface area contributed by atoms with Gasteiger partial charge in [0.2, 0.25) is 0 Å². The van der Waals surface area contributed by atoms with Gasteiger partial charge in [-0.15, -0.1) is 0 Å². The molecule has 0 aliphatic rings. The molecule has 0 saturated carbocycles. The largest absolute Gasteiger partial charge is 0.409 e. The third-order valence-electron chi connectivity index (χ3n) is 1.77. The van der Waals surface area contributed by atoms with E-state index < -0.39 is 0 Å². The normalized spacial score (nSPS) is 10.9. The summed E-state index contributed by atoms with van der Waals surface area (Å²) in [6, 6.07) is 6.29.